The molecule has 0 saturated carbocycles. The molecular formula is C21H24N4O2. The summed E-state index contributed by atoms with van der Waals surface area (Å²) in [4.78, 5) is 25.7. The van der Waals surface area contributed by atoms with E-state index in [4.69, 9.17) is 5.10 Å². The van der Waals surface area contributed by atoms with Gasteiger partial charge in [0.25, 0.3) is 0 Å². The van der Waals surface area contributed by atoms with Crippen LogP contribution in [0.2, 0.25) is 0 Å². The third-order valence-electron chi connectivity index (χ3n) is 4.52. The van der Waals surface area contributed by atoms with Gasteiger partial charge >= 0.3 is 6.03 Å². The predicted octanol–water partition coefficient (Wildman–Crippen LogP) is 3.06. The average molecular weight is 364 g/mol. The molecule has 0 spiro atoms. The van der Waals surface area contributed by atoms with E-state index in [1.807, 2.05) is 50.2 Å². The largest absolute Gasteiger partial charge is 0.354 e. The van der Waals surface area contributed by atoms with Crippen LogP contribution in [0.25, 0.3) is 0 Å². The van der Waals surface area contributed by atoms with Gasteiger partial charge in [0, 0.05) is 31.6 Å². The average Bonchev–Trinajstić information content (AvgIpc) is 2.72. The van der Waals surface area contributed by atoms with Gasteiger partial charge in [0.2, 0.25) is 5.91 Å². The minimum Gasteiger partial charge on any atom is -0.354 e. The lowest BCUT2D eigenvalue weighted by Gasteiger charge is -2.22. The number of aryl methyl sites for hydroxylation is 2. The first-order valence-electron chi connectivity index (χ1n) is 8.93. The highest BCUT2D eigenvalue weighted by Crippen LogP contribution is 2.28. The molecule has 0 atom stereocenters. The van der Waals surface area contributed by atoms with Crippen molar-refractivity contribution in [3.05, 3.63) is 64.7 Å². The molecule has 0 bridgehead atoms. The molecule has 140 valence electrons. The molecule has 6 heteroatoms. The van der Waals surface area contributed by atoms with Gasteiger partial charge in [-0.1, -0.05) is 41.5 Å². The van der Waals surface area contributed by atoms with Gasteiger partial charge in [0.1, 0.15) is 5.71 Å². The van der Waals surface area contributed by atoms with Crippen LogP contribution in [0.1, 0.15) is 29.2 Å². The number of urea groups is 1. The second-order valence-corrected chi connectivity index (χ2v) is 6.78. The van der Waals surface area contributed by atoms with Crippen molar-refractivity contribution in [2.45, 2.75) is 20.8 Å². The van der Waals surface area contributed by atoms with E-state index in [2.05, 4.69) is 11.4 Å². The SMILES string of the molecule is CC(=O)NCCN1N=C(c2ccc(C)cc2)c2cc(C)ccc2N(C)C1=O. The van der Waals surface area contributed by atoms with Crippen molar-refractivity contribution in [1.29, 1.82) is 0 Å². The molecular weight excluding hydrogens is 340 g/mol. The van der Waals surface area contributed by atoms with Crippen LogP contribution in [-0.4, -0.2) is 42.8 Å². The molecule has 1 aliphatic heterocycles. The molecule has 0 radical (unpaired) electrons. The predicted molar refractivity (Wildman–Crippen MR) is 107 cm³/mol. The molecule has 6 nitrogen and oxygen atoms in total. The van der Waals surface area contributed by atoms with E-state index in [9.17, 15) is 9.59 Å². The third-order valence-corrected chi connectivity index (χ3v) is 4.52. The van der Waals surface area contributed by atoms with E-state index < -0.39 is 0 Å². The minimum absolute atomic E-state index is 0.132. The molecule has 3 rings (SSSR count). The summed E-state index contributed by atoms with van der Waals surface area (Å²) in [6, 6.07) is 13.9. The fourth-order valence-electron chi connectivity index (χ4n) is 3.03. The fraction of sp³-hybridized carbons (Fsp3) is 0.286. The summed E-state index contributed by atoms with van der Waals surface area (Å²) in [6.45, 7) is 6.15. The molecule has 0 aromatic heterocycles. The second-order valence-electron chi connectivity index (χ2n) is 6.78. The normalized spacial score (nSPS) is 13.8. The maximum Gasteiger partial charge on any atom is 0.344 e. The molecule has 3 amide bonds. The number of hydrogen-bond donors (Lipinski definition) is 1. The number of nitrogens with one attached hydrogen (secondary N) is 1. The summed E-state index contributed by atoms with van der Waals surface area (Å²) in [7, 11) is 1.75. The number of hydrazone groups is 1. The Balaban J connectivity index is 2.09. The Kier molecular flexibility index (Phi) is 5.26. The van der Waals surface area contributed by atoms with Crippen LogP contribution in [0.4, 0.5) is 10.5 Å². The van der Waals surface area contributed by atoms with Gasteiger partial charge in [-0.2, -0.15) is 5.10 Å². The number of hydrogen-bond acceptors (Lipinski definition) is 3. The third kappa shape index (κ3) is 4.00. The van der Waals surface area contributed by atoms with Gasteiger partial charge in [-0.25, -0.2) is 9.80 Å². The van der Waals surface area contributed by atoms with Crippen LogP contribution < -0.4 is 10.2 Å². The van der Waals surface area contributed by atoms with Crippen LogP contribution in [-0.2, 0) is 4.79 Å². The van der Waals surface area contributed by atoms with E-state index >= 15 is 0 Å². The summed E-state index contributed by atoms with van der Waals surface area (Å²) in [5, 5.41) is 8.83. The molecule has 0 aliphatic carbocycles. The molecule has 2 aromatic rings. The lowest BCUT2D eigenvalue weighted by atomic mass is 9.98. The van der Waals surface area contributed by atoms with E-state index in [0.29, 0.717) is 13.1 Å². The molecule has 2 aromatic carbocycles. The summed E-state index contributed by atoms with van der Waals surface area (Å²) in [5.41, 5.74) is 5.67. The van der Waals surface area contributed by atoms with Crippen LogP contribution in [0.3, 0.4) is 0 Å². The van der Waals surface area contributed by atoms with Crippen molar-refractivity contribution in [2.24, 2.45) is 5.10 Å². The maximum absolute atomic E-state index is 12.9. The Morgan fingerprint density at radius 2 is 1.74 bits per heavy atom. The monoisotopic (exact) mass is 364 g/mol. The van der Waals surface area contributed by atoms with Gasteiger partial charge in [0.15, 0.2) is 0 Å². The lowest BCUT2D eigenvalue weighted by molar-refractivity contribution is -0.118. The fourth-order valence-corrected chi connectivity index (χ4v) is 3.03. The van der Waals surface area contributed by atoms with Crippen LogP contribution in [0.5, 0.6) is 0 Å². The topological polar surface area (TPSA) is 65.0 Å². The number of rotatable bonds is 4. The molecule has 27 heavy (non-hydrogen) atoms. The zero-order valence-electron chi connectivity index (χ0n) is 16.1. The van der Waals surface area contributed by atoms with Crippen LogP contribution in [0, 0.1) is 13.8 Å². The van der Waals surface area contributed by atoms with Crippen molar-refractivity contribution >= 4 is 23.3 Å². The summed E-state index contributed by atoms with van der Waals surface area (Å²) in [5.74, 6) is -0.132. The van der Waals surface area contributed by atoms with Crippen LogP contribution in [0.15, 0.2) is 47.6 Å². The lowest BCUT2D eigenvalue weighted by Crippen LogP contribution is -2.41. The second kappa shape index (κ2) is 7.61. The van der Waals surface area contributed by atoms with Gasteiger partial charge in [0.05, 0.1) is 12.2 Å². The van der Waals surface area contributed by atoms with Crippen molar-refractivity contribution in [3.8, 4) is 0 Å². The first-order valence-corrected chi connectivity index (χ1v) is 8.93. The summed E-state index contributed by atoms with van der Waals surface area (Å²) < 4.78 is 0. The van der Waals surface area contributed by atoms with E-state index in [-0.39, 0.29) is 11.9 Å². The molecule has 0 saturated heterocycles. The summed E-state index contributed by atoms with van der Waals surface area (Å²) in [6.07, 6.45) is 0. The number of carbonyl (C=O) groups excluding carboxylic acids is 2. The Labute approximate surface area is 159 Å². The van der Waals surface area contributed by atoms with Crippen LogP contribution >= 0.6 is 0 Å². The Hall–Kier alpha value is -3.15. The number of fused-ring (bicyclic) bond motifs is 1. The molecule has 0 unspecified atom stereocenters. The van der Waals surface area contributed by atoms with Crippen molar-refractivity contribution < 1.29 is 9.59 Å². The van der Waals surface area contributed by atoms with E-state index in [1.165, 1.54) is 11.9 Å². The van der Waals surface area contributed by atoms with Crippen molar-refractivity contribution in [2.75, 3.05) is 25.0 Å². The highest BCUT2D eigenvalue weighted by Gasteiger charge is 2.27. The Bertz CT molecular complexity index is 903. The minimum atomic E-state index is -0.229. The van der Waals surface area contributed by atoms with Gasteiger partial charge in [-0.05, 0) is 26.0 Å². The number of amides is 3. The highest BCUT2D eigenvalue weighted by atomic mass is 16.2. The number of carbonyl (C=O) groups is 2. The summed E-state index contributed by atoms with van der Waals surface area (Å²) >= 11 is 0. The number of nitrogens with zero attached hydrogens (tertiary/aromatic N) is 3. The maximum atomic E-state index is 12.9. The Morgan fingerprint density at radius 1 is 1.07 bits per heavy atom. The number of benzene rings is 2. The number of anilines is 1. The van der Waals surface area contributed by atoms with E-state index in [0.717, 1.165) is 33.7 Å². The van der Waals surface area contributed by atoms with Gasteiger partial charge < -0.3 is 5.32 Å². The van der Waals surface area contributed by atoms with Gasteiger partial charge in [-0.15, -0.1) is 0 Å². The zero-order valence-corrected chi connectivity index (χ0v) is 16.1. The smallest absolute Gasteiger partial charge is 0.344 e. The van der Waals surface area contributed by atoms with E-state index in [1.54, 1.807) is 11.9 Å². The van der Waals surface area contributed by atoms with Gasteiger partial charge in [-0.3, -0.25) is 9.69 Å². The molecule has 1 aliphatic rings. The molecule has 1 heterocycles. The standard InChI is InChI=1S/C21H24N4O2/c1-14-5-8-17(9-6-14)20-18-13-15(2)7-10-19(18)24(4)21(27)25(23-20)12-11-22-16(3)26/h5-10,13H,11-12H2,1-4H3,(H,22,26). The van der Waals surface area contributed by atoms with Crippen molar-refractivity contribution in [1.82, 2.24) is 10.3 Å². The Morgan fingerprint density at radius 3 is 2.41 bits per heavy atom. The highest BCUT2D eigenvalue weighted by molar-refractivity contribution is 6.18. The molecule has 1 N–H and O–H groups in total. The first kappa shape index (κ1) is 18.6. The van der Waals surface area contributed by atoms with Crippen molar-refractivity contribution in [3.63, 3.8) is 0 Å². The molecule has 0 fully saturated rings. The quantitative estimate of drug-likeness (QED) is 0.906. The zero-order chi connectivity index (χ0) is 19.6. The first-order chi connectivity index (χ1) is 12.9.